The maximum Gasteiger partial charge on any atom is 0.341 e. The topological polar surface area (TPSA) is 198 Å². The minimum absolute atomic E-state index is 0.0104. The van der Waals surface area contributed by atoms with Gasteiger partial charge in [-0.3, -0.25) is 24.0 Å². The summed E-state index contributed by atoms with van der Waals surface area (Å²) in [5.41, 5.74) is -1.46. The van der Waals surface area contributed by atoms with Crippen molar-refractivity contribution in [1.29, 1.82) is 0 Å². The highest BCUT2D eigenvalue weighted by Crippen LogP contribution is 2.32. The number of oxime groups is 1. The second kappa shape index (κ2) is 15.5. The molecule has 1 aliphatic rings. The van der Waals surface area contributed by atoms with E-state index in [4.69, 9.17) is 37.9 Å². The minimum atomic E-state index is -1.61. The molecule has 3 atom stereocenters. The number of nitrogens with zero attached hydrogens (tertiary/aromatic N) is 1. The quantitative estimate of drug-likeness (QED) is 0.197. The van der Waals surface area contributed by atoms with Gasteiger partial charge in [-0.2, -0.15) is 0 Å². The molecule has 230 valence electrons. The minimum Gasteiger partial charge on any atom is -0.481 e. The second-order valence-electron chi connectivity index (χ2n) is 10.0. The van der Waals surface area contributed by atoms with Crippen LogP contribution < -0.4 is 10.6 Å². The number of carboxylic acid groups (broad SMARTS) is 2. The number of hydrogen-bond acceptors (Lipinski definition) is 9. The molecule has 0 aromatic heterocycles. The number of aliphatic carboxylic acids is 2. The number of ketones is 1. The number of benzene rings is 1. The smallest absolute Gasteiger partial charge is 0.341 e. The monoisotopic (exact) mass is 629 g/mol. The van der Waals surface area contributed by atoms with Crippen LogP contribution in [-0.2, 0) is 33.5 Å². The van der Waals surface area contributed by atoms with E-state index in [-0.39, 0.29) is 47.2 Å². The molecule has 0 saturated heterocycles. The van der Waals surface area contributed by atoms with E-state index in [1.165, 1.54) is 18.2 Å². The van der Waals surface area contributed by atoms with Crippen LogP contribution in [0.2, 0.25) is 10.0 Å². The zero-order valence-corrected chi connectivity index (χ0v) is 24.8. The Bertz CT molecular complexity index is 1230. The van der Waals surface area contributed by atoms with Crippen molar-refractivity contribution in [1.82, 2.24) is 10.6 Å². The fraction of sp³-hybridized carbons (Fsp3) is 0.519. The Labute approximate surface area is 251 Å². The van der Waals surface area contributed by atoms with Crippen LogP contribution in [0.25, 0.3) is 0 Å². The summed E-state index contributed by atoms with van der Waals surface area (Å²) in [4.78, 5) is 79.1. The van der Waals surface area contributed by atoms with E-state index in [9.17, 15) is 33.9 Å². The summed E-state index contributed by atoms with van der Waals surface area (Å²) in [6.45, 7) is 4.50. The van der Waals surface area contributed by atoms with Crippen molar-refractivity contribution < 1.29 is 48.6 Å². The highest BCUT2D eigenvalue weighted by Gasteiger charge is 2.48. The average Bonchev–Trinajstić information content (AvgIpc) is 3.33. The SMILES string of the molecule is CCCC1(C(=O)N[C@@H](CC(=O)O)C(=O)COC(=O)c2c(Cl)cccc2Cl)CC(C(NC(=O)CCC(=O)O)C(C)C)=NO1. The lowest BCUT2D eigenvalue weighted by Crippen LogP contribution is -2.54. The van der Waals surface area contributed by atoms with Crippen molar-refractivity contribution in [2.75, 3.05) is 6.61 Å². The van der Waals surface area contributed by atoms with Gasteiger partial charge in [-0.1, -0.05) is 61.6 Å². The Kier molecular flexibility index (Phi) is 12.7. The van der Waals surface area contributed by atoms with Gasteiger partial charge < -0.3 is 30.4 Å². The largest absolute Gasteiger partial charge is 0.481 e. The number of esters is 1. The fourth-order valence-corrected chi connectivity index (χ4v) is 4.81. The number of nitrogens with one attached hydrogen (secondary N) is 2. The van der Waals surface area contributed by atoms with Crippen molar-refractivity contribution in [3.05, 3.63) is 33.8 Å². The maximum absolute atomic E-state index is 13.5. The van der Waals surface area contributed by atoms with Gasteiger partial charge in [0.15, 0.2) is 12.4 Å². The fourth-order valence-electron chi connectivity index (χ4n) is 4.26. The summed E-state index contributed by atoms with van der Waals surface area (Å²) < 4.78 is 5.01. The van der Waals surface area contributed by atoms with Crippen LogP contribution in [-0.4, -0.2) is 75.7 Å². The van der Waals surface area contributed by atoms with Crippen LogP contribution in [0.4, 0.5) is 0 Å². The number of halogens is 2. The molecular weight excluding hydrogens is 597 g/mol. The molecule has 0 spiro atoms. The molecule has 4 N–H and O–H groups in total. The highest BCUT2D eigenvalue weighted by atomic mass is 35.5. The zero-order chi connectivity index (χ0) is 31.6. The summed E-state index contributed by atoms with van der Waals surface area (Å²) in [6, 6.07) is 2.05. The van der Waals surface area contributed by atoms with Crippen molar-refractivity contribution in [3.8, 4) is 0 Å². The van der Waals surface area contributed by atoms with Gasteiger partial charge in [0, 0.05) is 12.8 Å². The molecule has 1 aromatic rings. The first kappa shape index (κ1) is 34.5. The summed E-state index contributed by atoms with van der Waals surface area (Å²) in [7, 11) is 0. The molecular formula is C27H33Cl2N3O10. The summed E-state index contributed by atoms with van der Waals surface area (Å²) in [6.07, 6.45) is -0.915. The molecule has 1 aromatic carbocycles. The van der Waals surface area contributed by atoms with Gasteiger partial charge in [0.1, 0.15) is 6.04 Å². The number of rotatable bonds is 16. The van der Waals surface area contributed by atoms with Gasteiger partial charge in [0.25, 0.3) is 5.91 Å². The number of ether oxygens (including phenoxy) is 1. The van der Waals surface area contributed by atoms with Crippen LogP contribution in [0.3, 0.4) is 0 Å². The maximum atomic E-state index is 13.5. The van der Waals surface area contributed by atoms with Crippen LogP contribution in [0.1, 0.15) is 69.7 Å². The summed E-state index contributed by atoms with van der Waals surface area (Å²) >= 11 is 12.0. The third-order valence-corrected chi connectivity index (χ3v) is 7.00. The molecule has 2 unspecified atom stereocenters. The average molecular weight is 630 g/mol. The van der Waals surface area contributed by atoms with Gasteiger partial charge in [-0.15, -0.1) is 0 Å². The first-order valence-electron chi connectivity index (χ1n) is 13.1. The van der Waals surface area contributed by atoms with Gasteiger partial charge in [0.2, 0.25) is 11.5 Å². The molecule has 0 saturated carbocycles. The van der Waals surface area contributed by atoms with E-state index in [1.807, 2.05) is 0 Å². The second-order valence-corrected chi connectivity index (χ2v) is 10.9. The third-order valence-electron chi connectivity index (χ3n) is 6.37. The van der Waals surface area contributed by atoms with E-state index in [0.29, 0.717) is 12.1 Å². The Morgan fingerprint density at radius 3 is 2.24 bits per heavy atom. The van der Waals surface area contributed by atoms with E-state index >= 15 is 0 Å². The van der Waals surface area contributed by atoms with Crippen LogP contribution in [0, 0.1) is 5.92 Å². The van der Waals surface area contributed by atoms with Crippen molar-refractivity contribution in [2.24, 2.45) is 11.1 Å². The van der Waals surface area contributed by atoms with Gasteiger partial charge >= 0.3 is 17.9 Å². The van der Waals surface area contributed by atoms with Gasteiger partial charge in [-0.25, -0.2) is 4.79 Å². The molecule has 2 amide bonds. The molecule has 13 nitrogen and oxygen atoms in total. The van der Waals surface area contributed by atoms with Crippen molar-refractivity contribution in [2.45, 2.75) is 77.0 Å². The molecule has 1 heterocycles. The van der Waals surface area contributed by atoms with Crippen molar-refractivity contribution in [3.63, 3.8) is 0 Å². The highest BCUT2D eigenvalue weighted by molar-refractivity contribution is 6.39. The first-order chi connectivity index (χ1) is 19.7. The van der Waals surface area contributed by atoms with Crippen molar-refractivity contribution >= 4 is 64.4 Å². The number of carboxylic acids is 2. The van der Waals surface area contributed by atoms with Crippen LogP contribution >= 0.6 is 23.2 Å². The lowest BCUT2D eigenvalue weighted by atomic mass is 9.86. The van der Waals surface area contributed by atoms with Gasteiger partial charge in [0.05, 0.1) is 40.2 Å². The predicted octanol–water partition coefficient (Wildman–Crippen LogP) is 3.00. The lowest BCUT2D eigenvalue weighted by Gasteiger charge is -2.28. The predicted molar refractivity (Wildman–Crippen MR) is 150 cm³/mol. The summed E-state index contributed by atoms with van der Waals surface area (Å²) in [5, 5.41) is 27.4. The molecule has 2 rings (SSSR count). The molecule has 0 radical (unpaired) electrons. The third kappa shape index (κ3) is 9.41. The number of hydrogen-bond donors (Lipinski definition) is 4. The molecule has 0 fully saturated rings. The van der Waals surface area contributed by atoms with E-state index in [0.717, 1.165) is 0 Å². The van der Waals surface area contributed by atoms with Crippen LogP contribution in [0.5, 0.6) is 0 Å². The summed E-state index contributed by atoms with van der Waals surface area (Å²) in [5.74, 6) is -5.97. The normalized spacial score (nSPS) is 17.4. The zero-order valence-electron chi connectivity index (χ0n) is 23.3. The molecule has 1 aliphatic heterocycles. The Morgan fingerprint density at radius 1 is 1.05 bits per heavy atom. The Morgan fingerprint density at radius 2 is 1.69 bits per heavy atom. The Hall–Kier alpha value is -3.71. The molecule has 0 aliphatic carbocycles. The number of carbonyl (C=O) groups is 6. The van der Waals surface area contributed by atoms with Crippen LogP contribution in [0.15, 0.2) is 23.4 Å². The number of amides is 2. The van der Waals surface area contributed by atoms with Gasteiger partial charge in [-0.05, 0) is 24.5 Å². The lowest BCUT2D eigenvalue weighted by molar-refractivity contribution is -0.148. The standard InChI is InChI=1S/C27H33Cl2N3O10/c1-4-10-27(12-18(32-42-27)24(14(2)3)31-20(34)8-9-21(35)36)26(40)30-17(11-22(37)38)19(33)13-41-25(39)23-15(28)6-5-7-16(23)29/h5-7,14,17,24H,4,8-13H2,1-3H3,(H,30,40)(H,31,34)(H,35,36)(H,37,38)/t17-,24?,27?/m0/s1. The first-order valence-corrected chi connectivity index (χ1v) is 13.9. The van der Waals surface area contributed by atoms with E-state index in [2.05, 4.69) is 15.8 Å². The number of carbonyl (C=O) groups excluding carboxylic acids is 4. The Balaban J connectivity index is 2.16. The van der Waals surface area contributed by atoms with E-state index < -0.39 is 66.2 Å². The van der Waals surface area contributed by atoms with E-state index in [1.54, 1.807) is 20.8 Å². The molecule has 42 heavy (non-hydrogen) atoms. The molecule has 0 bridgehead atoms. The number of Topliss-reactive ketones (excluding diaryl/α,β-unsaturated/α-hetero) is 1. The molecule has 15 heteroatoms.